The maximum absolute atomic E-state index is 11.3. The van der Waals surface area contributed by atoms with Crippen LogP contribution in [0, 0.1) is 11.8 Å². The van der Waals surface area contributed by atoms with Crippen LogP contribution in [0.25, 0.3) is 0 Å². The first-order valence-corrected chi connectivity index (χ1v) is 6.88. The lowest BCUT2D eigenvalue weighted by atomic mass is 10.1. The molecule has 2 unspecified atom stereocenters. The van der Waals surface area contributed by atoms with Gasteiger partial charge in [-0.25, -0.2) is 9.59 Å². The molecule has 19 heavy (non-hydrogen) atoms. The normalized spacial score (nSPS) is 13.7. The summed E-state index contributed by atoms with van der Waals surface area (Å²) in [6.07, 6.45) is 1.91. The van der Waals surface area contributed by atoms with Gasteiger partial charge in [0.05, 0.1) is 13.2 Å². The van der Waals surface area contributed by atoms with Crippen molar-refractivity contribution in [1.82, 2.24) is 0 Å². The van der Waals surface area contributed by atoms with Crippen LogP contribution in [0.2, 0.25) is 0 Å². The minimum absolute atomic E-state index is 0.213. The summed E-state index contributed by atoms with van der Waals surface area (Å²) in [5.41, 5.74) is 0. The Labute approximate surface area is 115 Å². The topological polar surface area (TPSA) is 61.8 Å². The van der Waals surface area contributed by atoms with Crippen molar-refractivity contribution in [3.05, 3.63) is 0 Å². The van der Waals surface area contributed by atoms with E-state index >= 15 is 0 Å². The van der Waals surface area contributed by atoms with Crippen LogP contribution in [-0.4, -0.2) is 38.4 Å². The molecule has 0 rings (SSSR count). The van der Waals surface area contributed by atoms with Gasteiger partial charge in [0.2, 0.25) is 0 Å². The van der Waals surface area contributed by atoms with Crippen LogP contribution in [0.3, 0.4) is 0 Å². The second kappa shape index (κ2) is 10.8. The van der Waals surface area contributed by atoms with E-state index in [4.69, 9.17) is 14.2 Å². The Balaban J connectivity index is 3.56. The van der Waals surface area contributed by atoms with Gasteiger partial charge in [-0.15, -0.1) is 0 Å². The van der Waals surface area contributed by atoms with E-state index in [2.05, 4.69) is 0 Å². The lowest BCUT2D eigenvalue weighted by molar-refractivity contribution is -0.156. The Kier molecular flexibility index (Phi) is 10.2. The van der Waals surface area contributed by atoms with E-state index in [1.807, 2.05) is 27.7 Å². The van der Waals surface area contributed by atoms with Gasteiger partial charge in [-0.1, -0.05) is 40.5 Å². The summed E-state index contributed by atoms with van der Waals surface area (Å²) >= 11 is 0. The molecule has 0 aromatic carbocycles. The predicted octanol–water partition coefficient (Wildman–Crippen LogP) is 2.18. The molecule has 0 aliphatic heterocycles. The molecule has 5 nitrogen and oxygen atoms in total. The Morgan fingerprint density at radius 2 is 1.21 bits per heavy atom. The summed E-state index contributed by atoms with van der Waals surface area (Å²) < 4.78 is 14.9. The fourth-order valence-electron chi connectivity index (χ4n) is 1.01. The van der Waals surface area contributed by atoms with E-state index in [0.717, 1.165) is 12.8 Å². The molecule has 112 valence electrons. The highest BCUT2D eigenvalue weighted by Crippen LogP contribution is 2.02. The number of hydrogen-bond donors (Lipinski definition) is 0. The minimum atomic E-state index is -0.449. The summed E-state index contributed by atoms with van der Waals surface area (Å²) in [5, 5.41) is 0. The number of carbonyl (C=O) groups excluding carboxylic acids is 2. The molecule has 0 bridgehead atoms. The molecule has 0 aromatic rings. The molecule has 0 spiro atoms. The largest absolute Gasteiger partial charge is 0.464 e. The Bertz CT molecular complexity index is 239. The van der Waals surface area contributed by atoms with E-state index in [9.17, 15) is 9.59 Å². The molecule has 0 heterocycles. The molecule has 0 aliphatic carbocycles. The second-order valence-corrected chi connectivity index (χ2v) is 4.89. The summed E-state index contributed by atoms with van der Waals surface area (Å²) in [5.74, 6) is -0.223. The van der Waals surface area contributed by atoms with Crippen LogP contribution >= 0.6 is 0 Å². The van der Waals surface area contributed by atoms with Crippen LogP contribution in [0.5, 0.6) is 0 Å². The van der Waals surface area contributed by atoms with Crippen LogP contribution < -0.4 is 0 Å². The molecule has 0 N–H and O–H groups in total. The van der Waals surface area contributed by atoms with Crippen LogP contribution in [-0.2, 0) is 23.8 Å². The average Bonchev–Trinajstić information content (AvgIpc) is 2.41. The molecule has 0 fully saturated rings. The average molecular weight is 274 g/mol. The van der Waals surface area contributed by atoms with E-state index in [1.165, 1.54) is 0 Å². The van der Waals surface area contributed by atoms with Gasteiger partial charge in [0, 0.05) is 0 Å². The second-order valence-electron chi connectivity index (χ2n) is 4.89. The van der Waals surface area contributed by atoms with Crippen molar-refractivity contribution >= 4 is 11.9 Å². The number of esters is 2. The fourth-order valence-corrected chi connectivity index (χ4v) is 1.01. The standard InChI is InChI=1S/C14H26O5/c1-5-11(3)7-18-13(15)9-17-10-14(16)19-8-12(4)6-2/h11-12H,5-10H2,1-4H3. The highest BCUT2D eigenvalue weighted by atomic mass is 16.6. The first-order chi connectivity index (χ1) is 8.99. The van der Waals surface area contributed by atoms with E-state index < -0.39 is 11.9 Å². The number of hydrogen-bond acceptors (Lipinski definition) is 5. The highest BCUT2D eigenvalue weighted by Gasteiger charge is 2.09. The molecule has 0 aliphatic rings. The molecule has 0 aromatic heterocycles. The molecule has 0 radical (unpaired) electrons. The van der Waals surface area contributed by atoms with Crippen molar-refractivity contribution in [3.63, 3.8) is 0 Å². The first-order valence-electron chi connectivity index (χ1n) is 6.88. The lowest BCUT2D eigenvalue weighted by Crippen LogP contribution is -2.21. The number of carbonyl (C=O) groups is 2. The molecule has 5 heteroatoms. The molecule has 0 saturated heterocycles. The monoisotopic (exact) mass is 274 g/mol. The van der Waals surface area contributed by atoms with Gasteiger partial charge in [0.25, 0.3) is 0 Å². The lowest BCUT2D eigenvalue weighted by Gasteiger charge is -2.11. The zero-order chi connectivity index (χ0) is 14.7. The van der Waals surface area contributed by atoms with Crippen LogP contribution in [0.4, 0.5) is 0 Å². The number of rotatable bonds is 10. The van der Waals surface area contributed by atoms with Crippen molar-refractivity contribution in [2.75, 3.05) is 26.4 Å². The van der Waals surface area contributed by atoms with Crippen molar-refractivity contribution in [3.8, 4) is 0 Å². The quantitative estimate of drug-likeness (QED) is 0.571. The maximum Gasteiger partial charge on any atom is 0.332 e. The van der Waals surface area contributed by atoms with Crippen LogP contribution in [0.1, 0.15) is 40.5 Å². The van der Waals surface area contributed by atoms with Gasteiger partial charge >= 0.3 is 11.9 Å². The first kappa shape index (κ1) is 17.9. The zero-order valence-electron chi connectivity index (χ0n) is 12.4. The van der Waals surface area contributed by atoms with Gasteiger partial charge in [-0.3, -0.25) is 0 Å². The van der Waals surface area contributed by atoms with Crippen LogP contribution in [0.15, 0.2) is 0 Å². The fraction of sp³-hybridized carbons (Fsp3) is 0.857. The third-order valence-corrected chi connectivity index (χ3v) is 2.89. The van der Waals surface area contributed by atoms with Crippen molar-refractivity contribution < 1.29 is 23.8 Å². The van der Waals surface area contributed by atoms with Crippen molar-refractivity contribution in [2.45, 2.75) is 40.5 Å². The molecular weight excluding hydrogens is 248 g/mol. The van der Waals surface area contributed by atoms with E-state index in [1.54, 1.807) is 0 Å². The minimum Gasteiger partial charge on any atom is -0.464 e. The van der Waals surface area contributed by atoms with E-state index in [-0.39, 0.29) is 13.2 Å². The van der Waals surface area contributed by atoms with Gasteiger partial charge in [-0.2, -0.15) is 0 Å². The Morgan fingerprint density at radius 1 is 0.842 bits per heavy atom. The smallest absolute Gasteiger partial charge is 0.332 e. The van der Waals surface area contributed by atoms with Crippen molar-refractivity contribution in [2.24, 2.45) is 11.8 Å². The molecular formula is C14H26O5. The van der Waals surface area contributed by atoms with Gasteiger partial charge in [0.15, 0.2) is 0 Å². The highest BCUT2D eigenvalue weighted by molar-refractivity contribution is 5.73. The SMILES string of the molecule is CCC(C)COC(=O)COCC(=O)OCC(C)CC. The summed E-state index contributed by atoms with van der Waals surface area (Å²) in [7, 11) is 0. The zero-order valence-corrected chi connectivity index (χ0v) is 12.4. The summed E-state index contributed by atoms with van der Waals surface area (Å²) in [6.45, 7) is 8.41. The number of ether oxygens (including phenoxy) is 3. The molecule has 0 saturated carbocycles. The third kappa shape index (κ3) is 10.5. The predicted molar refractivity (Wildman–Crippen MR) is 71.6 cm³/mol. The molecule has 2 atom stereocenters. The summed E-state index contributed by atoms with van der Waals surface area (Å²) in [6, 6.07) is 0. The maximum atomic E-state index is 11.3. The van der Waals surface area contributed by atoms with E-state index in [0.29, 0.717) is 25.0 Å². The van der Waals surface area contributed by atoms with Crippen molar-refractivity contribution in [1.29, 1.82) is 0 Å². The van der Waals surface area contributed by atoms with Gasteiger partial charge in [-0.05, 0) is 11.8 Å². The Morgan fingerprint density at radius 3 is 1.53 bits per heavy atom. The molecule has 0 amide bonds. The Hall–Kier alpha value is -1.10. The third-order valence-electron chi connectivity index (χ3n) is 2.89. The summed E-state index contributed by atoms with van der Waals surface area (Å²) in [4.78, 5) is 22.5. The van der Waals surface area contributed by atoms with Gasteiger partial charge in [0.1, 0.15) is 13.2 Å². The van der Waals surface area contributed by atoms with Gasteiger partial charge < -0.3 is 14.2 Å².